The first-order valence-corrected chi connectivity index (χ1v) is 19.0. The number of carbonyl (C=O) groups is 4. The smallest absolute Gasteiger partial charge is 0.411 e. The van der Waals surface area contributed by atoms with Crippen molar-refractivity contribution < 1.29 is 43.0 Å². The molecular weight excluding hydrogens is 722 g/mol. The molecule has 1 N–H and O–H groups in total. The molecule has 1 aliphatic carbocycles. The van der Waals surface area contributed by atoms with Crippen molar-refractivity contribution in [3.8, 4) is 16.9 Å². The average Bonchev–Trinajstić information content (AvgIpc) is 4.00. The van der Waals surface area contributed by atoms with Gasteiger partial charge in [-0.15, -0.1) is 0 Å². The number of amides is 4. The van der Waals surface area contributed by atoms with Crippen LogP contribution in [0.15, 0.2) is 60.7 Å². The van der Waals surface area contributed by atoms with Crippen molar-refractivity contribution in [1.82, 2.24) is 4.90 Å². The number of hydrogen-bond acceptors (Lipinski definition) is 10. The summed E-state index contributed by atoms with van der Waals surface area (Å²) in [6.07, 6.45) is 1.40. The summed E-state index contributed by atoms with van der Waals surface area (Å²) in [6.45, 7) is 8.46. The van der Waals surface area contributed by atoms with Crippen LogP contribution in [0, 0.1) is 16.0 Å². The normalized spacial score (nSPS) is 18.1. The van der Waals surface area contributed by atoms with Crippen LogP contribution in [-0.4, -0.2) is 92.0 Å². The van der Waals surface area contributed by atoms with Crippen LogP contribution >= 0.6 is 0 Å². The Kier molecular flexibility index (Phi) is 12.1. The fraction of sp³-hybridized carbons (Fsp3) is 0.463. The number of nitrogens with zero attached hydrogens (tertiary/aromatic N) is 4. The fourth-order valence-corrected chi connectivity index (χ4v) is 7.27. The molecule has 4 amide bonds. The zero-order valence-electron chi connectivity index (χ0n) is 32.4. The zero-order valence-corrected chi connectivity index (χ0v) is 32.4. The summed E-state index contributed by atoms with van der Waals surface area (Å²) in [5.74, 6) is -0.775. The summed E-state index contributed by atoms with van der Waals surface area (Å²) >= 11 is 0. The number of nitrogens with one attached hydrogen (secondary N) is 1. The van der Waals surface area contributed by atoms with Crippen molar-refractivity contribution in [3.05, 3.63) is 76.3 Å². The SMILES string of the molecule is CCOC(=O)Nc1ccc(-c2cccc([C@H]3CCN(C(=O)OC(C)(C)C)C[C@@H]3C(=O)N(c3ccc4c(c3)N(CCCOC)C(=O)CO4)C3CC3)c2)cc1[N+](=O)[O-]. The first-order valence-electron chi connectivity index (χ1n) is 19.0. The second-order valence-corrected chi connectivity index (χ2v) is 15.2. The van der Waals surface area contributed by atoms with Crippen LogP contribution in [0.25, 0.3) is 11.1 Å². The molecule has 15 nitrogen and oxygen atoms in total. The molecule has 0 bridgehead atoms. The van der Waals surface area contributed by atoms with Crippen LogP contribution in [0.5, 0.6) is 5.75 Å². The first-order chi connectivity index (χ1) is 26.8. The third-order valence-electron chi connectivity index (χ3n) is 9.98. The minimum absolute atomic E-state index is 0.00454. The van der Waals surface area contributed by atoms with Crippen LogP contribution in [-0.2, 0) is 23.8 Å². The largest absolute Gasteiger partial charge is 0.482 e. The fourth-order valence-electron chi connectivity index (χ4n) is 7.27. The molecule has 15 heteroatoms. The Morgan fingerprint density at radius 1 is 1.04 bits per heavy atom. The molecule has 2 atom stereocenters. The van der Waals surface area contributed by atoms with Crippen molar-refractivity contribution in [1.29, 1.82) is 0 Å². The maximum absolute atomic E-state index is 15.1. The Hall–Kier alpha value is -5.70. The summed E-state index contributed by atoms with van der Waals surface area (Å²) in [6, 6.07) is 17.5. The van der Waals surface area contributed by atoms with Gasteiger partial charge in [-0.3, -0.25) is 25.0 Å². The van der Waals surface area contributed by atoms with E-state index in [2.05, 4.69) is 5.32 Å². The van der Waals surface area contributed by atoms with E-state index in [0.29, 0.717) is 60.8 Å². The number of piperidine rings is 1. The van der Waals surface area contributed by atoms with E-state index in [-0.39, 0.29) is 54.9 Å². The van der Waals surface area contributed by atoms with E-state index in [9.17, 15) is 24.5 Å². The number of nitro benzene ring substituents is 1. The molecule has 0 radical (unpaired) electrons. The molecule has 2 heterocycles. The summed E-state index contributed by atoms with van der Waals surface area (Å²) in [5, 5.41) is 14.5. The third-order valence-corrected chi connectivity index (χ3v) is 9.98. The predicted molar refractivity (Wildman–Crippen MR) is 209 cm³/mol. The number of carbonyl (C=O) groups excluding carboxylic acids is 4. The maximum atomic E-state index is 15.1. The molecule has 0 aromatic heterocycles. The number of likely N-dealkylation sites (tertiary alicyclic amines) is 1. The van der Waals surface area contributed by atoms with Crippen LogP contribution in [0.3, 0.4) is 0 Å². The van der Waals surface area contributed by atoms with Crippen molar-refractivity contribution in [2.45, 2.75) is 70.9 Å². The van der Waals surface area contributed by atoms with Gasteiger partial charge < -0.3 is 33.6 Å². The van der Waals surface area contributed by atoms with Crippen molar-refractivity contribution in [2.75, 3.05) is 61.7 Å². The quantitative estimate of drug-likeness (QED) is 0.114. The number of hydrogen-bond donors (Lipinski definition) is 1. The topological polar surface area (TPSA) is 170 Å². The lowest BCUT2D eigenvalue weighted by Gasteiger charge is -2.41. The highest BCUT2D eigenvalue weighted by Crippen LogP contribution is 2.43. The molecule has 2 aliphatic heterocycles. The number of rotatable bonds is 12. The average molecular weight is 772 g/mol. The van der Waals surface area contributed by atoms with Gasteiger partial charge in [0, 0.05) is 51.1 Å². The second-order valence-electron chi connectivity index (χ2n) is 15.2. The van der Waals surface area contributed by atoms with Crippen LogP contribution in [0.4, 0.5) is 32.3 Å². The highest BCUT2D eigenvalue weighted by molar-refractivity contribution is 6.01. The van der Waals surface area contributed by atoms with E-state index in [0.717, 1.165) is 18.4 Å². The molecular formula is C41H49N5O10. The molecule has 1 saturated heterocycles. The molecule has 0 unspecified atom stereocenters. The Labute approximate surface area is 326 Å². The maximum Gasteiger partial charge on any atom is 0.411 e. The zero-order chi connectivity index (χ0) is 40.1. The van der Waals surface area contributed by atoms with E-state index in [1.165, 1.54) is 12.1 Å². The summed E-state index contributed by atoms with van der Waals surface area (Å²) in [5.41, 5.74) is 2.27. The van der Waals surface area contributed by atoms with Gasteiger partial charge in [-0.2, -0.15) is 0 Å². The number of fused-ring (bicyclic) bond motifs is 1. The number of anilines is 3. The van der Waals surface area contributed by atoms with Gasteiger partial charge in [0.1, 0.15) is 17.0 Å². The molecule has 2 fully saturated rings. The molecule has 3 aromatic rings. The number of ether oxygens (including phenoxy) is 4. The van der Waals surface area contributed by atoms with Gasteiger partial charge in [0.25, 0.3) is 11.6 Å². The molecule has 56 heavy (non-hydrogen) atoms. The van der Waals surface area contributed by atoms with Crippen molar-refractivity contribution in [3.63, 3.8) is 0 Å². The highest BCUT2D eigenvalue weighted by atomic mass is 16.6. The Morgan fingerprint density at radius 3 is 2.50 bits per heavy atom. The lowest BCUT2D eigenvalue weighted by Crippen LogP contribution is -2.51. The van der Waals surface area contributed by atoms with Gasteiger partial charge in [0.15, 0.2) is 6.61 Å². The molecule has 6 rings (SSSR count). The monoisotopic (exact) mass is 771 g/mol. The van der Waals surface area contributed by atoms with Crippen molar-refractivity contribution >= 4 is 46.8 Å². The van der Waals surface area contributed by atoms with Crippen molar-refractivity contribution in [2.24, 2.45) is 5.92 Å². The minimum atomic E-state index is -0.796. The van der Waals surface area contributed by atoms with Gasteiger partial charge in [-0.1, -0.05) is 30.3 Å². The van der Waals surface area contributed by atoms with E-state index in [4.69, 9.17) is 18.9 Å². The standard InChI is InChI=1S/C41H49N5O10/c1-6-54-39(49)42-33-15-11-27(22-34(33)46(51)52)26-9-7-10-28(21-26)31-17-19-43(40(50)56-41(2,3)4)24-32(31)38(48)45(29-12-13-29)30-14-16-36-35(23-30)44(18-8-20-53-5)37(47)25-55-36/h7,9-11,14-16,21-23,29,31-32H,6,8,12-13,17-20,24-25H2,1-5H3,(H,42,49)/t31-,32+/m1/s1. The third kappa shape index (κ3) is 9.21. The first kappa shape index (κ1) is 40.0. The molecule has 298 valence electrons. The van der Waals surface area contributed by atoms with Crippen LogP contribution in [0.2, 0.25) is 0 Å². The number of nitro groups is 1. The van der Waals surface area contributed by atoms with E-state index >= 15 is 4.79 Å². The number of methoxy groups -OCH3 is 1. The summed E-state index contributed by atoms with van der Waals surface area (Å²) < 4.78 is 21.6. The number of benzene rings is 3. The molecule has 3 aliphatic rings. The highest BCUT2D eigenvalue weighted by Gasteiger charge is 2.44. The Bertz CT molecular complexity index is 1980. The van der Waals surface area contributed by atoms with E-state index < -0.39 is 28.6 Å². The van der Waals surface area contributed by atoms with Gasteiger partial charge in [-0.05, 0) is 100 Å². The minimum Gasteiger partial charge on any atom is -0.482 e. The Balaban J connectivity index is 1.35. The summed E-state index contributed by atoms with van der Waals surface area (Å²) in [7, 11) is 1.61. The van der Waals surface area contributed by atoms with Crippen LogP contribution in [0.1, 0.15) is 64.9 Å². The molecule has 1 saturated carbocycles. The molecule has 3 aromatic carbocycles. The van der Waals surface area contributed by atoms with Crippen LogP contribution < -0.4 is 19.9 Å². The van der Waals surface area contributed by atoms with Gasteiger partial charge in [0.2, 0.25) is 5.91 Å². The second kappa shape index (κ2) is 17.0. The lowest BCUT2D eigenvalue weighted by molar-refractivity contribution is -0.383. The van der Waals surface area contributed by atoms with Gasteiger partial charge >= 0.3 is 12.2 Å². The predicted octanol–water partition coefficient (Wildman–Crippen LogP) is 7.13. The summed E-state index contributed by atoms with van der Waals surface area (Å²) in [4.78, 5) is 70.2. The van der Waals surface area contributed by atoms with E-state index in [1.54, 1.807) is 56.7 Å². The Morgan fingerprint density at radius 2 is 1.80 bits per heavy atom. The van der Waals surface area contributed by atoms with Gasteiger partial charge in [0.05, 0.1) is 23.1 Å². The molecule has 0 spiro atoms. The lowest BCUT2D eigenvalue weighted by atomic mass is 9.78. The van der Waals surface area contributed by atoms with E-state index in [1.807, 2.05) is 41.3 Å². The van der Waals surface area contributed by atoms with Gasteiger partial charge in [-0.25, -0.2) is 9.59 Å².